The number of carbonyl (C=O) groups is 1. The Labute approximate surface area is 266 Å². The number of hydrogen-bond acceptors (Lipinski definition) is 6. The summed E-state index contributed by atoms with van der Waals surface area (Å²) in [7, 11) is -3.76. The fourth-order valence-electron chi connectivity index (χ4n) is 4.37. The molecule has 0 aliphatic rings. The number of carboxylic acids is 1. The molecule has 5 N–H and O–H groups in total. The van der Waals surface area contributed by atoms with Crippen molar-refractivity contribution in [2.45, 2.75) is 61.8 Å². The molecule has 47 heavy (non-hydrogen) atoms. The maximum atomic E-state index is 12.9. The molecule has 0 saturated carbocycles. The lowest BCUT2D eigenvalue weighted by atomic mass is 9.99. The Morgan fingerprint density at radius 3 is 2.11 bits per heavy atom. The average molecular weight is 690 g/mol. The molecule has 0 bridgehead atoms. The van der Waals surface area contributed by atoms with E-state index in [4.69, 9.17) is 9.90 Å². The zero-order valence-electron chi connectivity index (χ0n) is 25.0. The van der Waals surface area contributed by atoms with Crippen LogP contribution in [0.4, 0.5) is 32.0 Å². The van der Waals surface area contributed by atoms with Crippen LogP contribution in [0.2, 0.25) is 0 Å². The van der Waals surface area contributed by atoms with Gasteiger partial charge in [-0.15, -0.1) is 0 Å². The summed E-state index contributed by atoms with van der Waals surface area (Å²) >= 11 is 0. The molecule has 0 spiro atoms. The van der Waals surface area contributed by atoms with Crippen LogP contribution in [0.25, 0.3) is 10.9 Å². The minimum Gasteiger partial charge on any atom is -0.475 e. The molecular weight excluding hydrogens is 656 g/mol. The smallest absolute Gasteiger partial charge is 0.475 e. The molecule has 1 heterocycles. The summed E-state index contributed by atoms with van der Waals surface area (Å²) in [5.41, 5.74) is 1.03. The van der Waals surface area contributed by atoms with E-state index in [-0.39, 0.29) is 17.0 Å². The summed E-state index contributed by atoms with van der Waals surface area (Å²) in [5, 5.41) is 31.4. The molecule has 2 atom stereocenters. The maximum absolute atomic E-state index is 12.9. The first-order chi connectivity index (χ1) is 21.7. The Morgan fingerprint density at radius 1 is 0.872 bits per heavy atom. The maximum Gasteiger partial charge on any atom is 0.490 e. The van der Waals surface area contributed by atoms with Gasteiger partial charge in [0.25, 0.3) is 10.0 Å². The number of aliphatic carboxylic acids is 1. The molecule has 0 saturated heterocycles. The van der Waals surface area contributed by atoms with Crippen molar-refractivity contribution in [2.75, 3.05) is 11.3 Å². The first kappa shape index (κ1) is 37.3. The highest BCUT2D eigenvalue weighted by atomic mass is 32.2. The highest BCUT2D eigenvalue weighted by molar-refractivity contribution is 7.92. The lowest BCUT2D eigenvalue weighted by molar-refractivity contribution is -0.206. The van der Waals surface area contributed by atoms with E-state index in [1.165, 1.54) is 24.3 Å². The SMILES string of the molecule is CC(C)(CCn1ccc2cc([C@@H](O)C(F)(F)F)ccc21)NCC(O)c1cccc(NS(=O)(=O)c2ccccc2)c1.O=C(O)C(F)(F)F. The number of halogens is 6. The molecule has 0 aliphatic carbocycles. The number of nitrogens with zero attached hydrogens (tertiary/aromatic N) is 1. The van der Waals surface area contributed by atoms with E-state index in [2.05, 4.69) is 10.0 Å². The largest absolute Gasteiger partial charge is 0.490 e. The van der Waals surface area contributed by atoms with Crippen molar-refractivity contribution in [1.82, 2.24) is 9.88 Å². The van der Waals surface area contributed by atoms with Gasteiger partial charge in [0, 0.05) is 36.0 Å². The number of benzene rings is 3. The van der Waals surface area contributed by atoms with Crippen LogP contribution < -0.4 is 10.0 Å². The van der Waals surface area contributed by atoms with Crippen molar-refractivity contribution < 1.29 is 54.9 Å². The predicted molar refractivity (Wildman–Crippen MR) is 162 cm³/mol. The van der Waals surface area contributed by atoms with Crippen LogP contribution in [0.5, 0.6) is 0 Å². The van der Waals surface area contributed by atoms with Crippen LogP contribution >= 0.6 is 0 Å². The number of hydrogen-bond donors (Lipinski definition) is 5. The van der Waals surface area contributed by atoms with Crippen LogP contribution in [0.3, 0.4) is 0 Å². The van der Waals surface area contributed by atoms with Gasteiger partial charge in [-0.2, -0.15) is 26.3 Å². The number of sulfonamides is 1. The van der Waals surface area contributed by atoms with E-state index < -0.39 is 46.1 Å². The van der Waals surface area contributed by atoms with Gasteiger partial charge in [0.2, 0.25) is 0 Å². The lowest BCUT2D eigenvalue weighted by Gasteiger charge is -2.28. The first-order valence-corrected chi connectivity index (χ1v) is 15.4. The van der Waals surface area contributed by atoms with Gasteiger partial charge < -0.3 is 25.2 Å². The quantitative estimate of drug-likeness (QED) is 0.119. The molecule has 0 aliphatic heterocycles. The molecule has 1 aromatic heterocycles. The fourth-order valence-corrected chi connectivity index (χ4v) is 5.45. The molecule has 16 heteroatoms. The van der Waals surface area contributed by atoms with E-state index in [0.717, 1.165) is 5.52 Å². The summed E-state index contributed by atoms with van der Waals surface area (Å²) in [5.74, 6) is -2.76. The molecule has 256 valence electrons. The first-order valence-electron chi connectivity index (χ1n) is 13.9. The Kier molecular flexibility index (Phi) is 11.7. The number of aryl methyl sites for hydroxylation is 1. The van der Waals surface area contributed by atoms with Gasteiger partial charge in [-0.25, -0.2) is 13.2 Å². The molecule has 4 aromatic rings. The molecule has 0 fully saturated rings. The van der Waals surface area contributed by atoms with Crippen LogP contribution in [-0.2, 0) is 21.4 Å². The molecule has 0 radical (unpaired) electrons. The Morgan fingerprint density at radius 2 is 1.51 bits per heavy atom. The number of fused-ring (bicyclic) bond motifs is 1. The number of anilines is 1. The zero-order chi connectivity index (χ0) is 35.2. The monoisotopic (exact) mass is 689 g/mol. The van der Waals surface area contributed by atoms with E-state index in [0.29, 0.717) is 29.6 Å². The summed E-state index contributed by atoms with van der Waals surface area (Å²) in [4.78, 5) is 9.03. The van der Waals surface area contributed by atoms with E-state index in [1.54, 1.807) is 60.8 Å². The number of nitrogens with one attached hydrogen (secondary N) is 2. The topological polar surface area (TPSA) is 141 Å². The number of aromatic nitrogens is 1. The van der Waals surface area contributed by atoms with E-state index in [9.17, 15) is 45.0 Å². The summed E-state index contributed by atoms with van der Waals surface area (Å²) < 4.78 is 100. The van der Waals surface area contributed by atoms with Gasteiger partial charge in [0.05, 0.1) is 11.0 Å². The van der Waals surface area contributed by atoms with Crippen molar-refractivity contribution in [3.05, 3.63) is 96.2 Å². The second-order valence-corrected chi connectivity index (χ2v) is 12.8. The average Bonchev–Trinajstić information content (AvgIpc) is 3.40. The number of aliphatic hydroxyl groups is 2. The Hall–Kier alpha value is -4.12. The van der Waals surface area contributed by atoms with Crippen LogP contribution in [0.15, 0.2) is 90.0 Å². The van der Waals surface area contributed by atoms with Gasteiger partial charge >= 0.3 is 18.3 Å². The minimum atomic E-state index is -5.08. The highest BCUT2D eigenvalue weighted by Crippen LogP contribution is 2.34. The Balaban J connectivity index is 0.000000771. The summed E-state index contributed by atoms with van der Waals surface area (Å²) in [6, 6.07) is 20.5. The standard InChI is InChI=1S/C29H32F3N3O4S.C2HF3O2/c1-28(2,14-16-35-15-13-20-17-22(11-12-25(20)35)27(37)29(30,31)32)33-19-26(36)21-7-6-8-23(18-21)34-40(38,39)24-9-4-3-5-10-24;3-2(4,5)1(6)7/h3-13,15,17-18,26-27,33-34,36-37H,14,16,19H2,1-2H3;(H,6,7)/t26?,27-;/m1./s1. The third kappa shape index (κ3) is 10.7. The lowest BCUT2D eigenvalue weighted by Crippen LogP contribution is -2.42. The predicted octanol–water partition coefficient (Wildman–Crippen LogP) is 6.16. The van der Waals surface area contributed by atoms with Crippen molar-refractivity contribution in [3.8, 4) is 0 Å². The van der Waals surface area contributed by atoms with Crippen molar-refractivity contribution in [3.63, 3.8) is 0 Å². The summed E-state index contributed by atoms with van der Waals surface area (Å²) in [6.07, 6.45) is -10.8. The molecular formula is C31H33F6N3O6S. The molecule has 9 nitrogen and oxygen atoms in total. The second-order valence-electron chi connectivity index (χ2n) is 11.1. The third-order valence-corrected chi connectivity index (χ3v) is 8.39. The number of rotatable bonds is 11. The number of carboxylic acid groups (broad SMARTS) is 1. The van der Waals surface area contributed by atoms with Crippen molar-refractivity contribution in [1.29, 1.82) is 0 Å². The normalized spacial score (nSPS) is 13.8. The van der Waals surface area contributed by atoms with Crippen LogP contribution in [-0.4, -0.2) is 58.7 Å². The minimum absolute atomic E-state index is 0.138. The van der Waals surface area contributed by atoms with Gasteiger partial charge in [-0.3, -0.25) is 4.72 Å². The third-order valence-electron chi connectivity index (χ3n) is 6.99. The summed E-state index contributed by atoms with van der Waals surface area (Å²) in [6.45, 7) is 4.74. The zero-order valence-corrected chi connectivity index (χ0v) is 25.9. The second kappa shape index (κ2) is 14.8. The van der Waals surface area contributed by atoms with Gasteiger partial charge in [0.1, 0.15) is 0 Å². The molecule has 1 unspecified atom stereocenters. The van der Waals surface area contributed by atoms with E-state index >= 15 is 0 Å². The Bertz CT molecular complexity index is 1760. The van der Waals surface area contributed by atoms with Crippen molar-refractivity contribution >= 4 is 32.6 Å². The fraction of sp³-hybridized carbons (Fsp3) is 0.323. The van der Waals surface area contributed by atoms with Gasteiger partial charge in [0.15, 0.2) is 6.10 Å². The van der Waals surface area contributed by atoms with Crippen molar-refractivity contribution in [2.24, 2.45) is 0 Å². The molecule has 4 rings (SSSR count). The van der Waals surface area contributed by atoms with Crippen LogP contribution in [0, 0.1) is 0 Å². The highest BCUT2D eigenvalue weighted by Gasteiger charge is 2.39. The number of aliphatic hydroxyl groups excluding tert-OH is 2. The van der Waals surface area contributed by atoms with Gasteiger partial charge in [-0.05, 0) is 79.2 Å². The molecule has 0 amide bonds. The number of β-amino-alcohol motifs (C(OH)–C–C–N with tert-alkyl or cyclic N) is 1. The van der Waals surface area contributed by atoms with Crippen LogP contribution in [0.1, 0.15) is 43.6 Å². The van der Waals surface area contributed by atoms with E-state index in [1.807, 2.05) is 18.4 Å². The molecule has 3 aromatic carbocycles. The van der Waals surface area contributed by atoms with Gasteiger partial charge in [-0.1, -0.05) is 36.4 Å². The number of alkyl halides is 6.